The summed E-state index contributed by atoms with van der Waals surface area (Å²) < 4.78 is 0. The smallest absolute Gasteiger partial charge is 0.164 e. The first kappa shape index (κ1) is 19.3. The third kappa shape index (κ3) is 3.54. The zero-order valence-electron chi connectivity index (χ0n) is 18.2. The first-order valence-electron chi connectivity index (χ1n) is 11.1. The molecule has 0 N–H and O–H groups in total. The summed E-state index contributed by atoms with van der Waals surface area (Å²) in [5.41, 5.74) is 4.17. The SMILES string of the molecule is Cc1cccc(-c2nc(-c3cccc4ccccc34)nc(-c3cccc4ccccc34)n2)c1. The Kier molecular flexibility index (Phi) is 4.66. The van der Waals surface area contributed by atoms with E-state index in [1.165, 1.54) is 16.3 Å². The van der Waals surface area contributed by atoms with Gasteiger partial charge in [-0.05, 0) is 34.5 Å². The van der Waals surface area contributed by atoms with Crippen molar-refractivity contribution < 1.29 is 0 Å². The van der Waals surface area contributed by atoms with Crippen molar-refractivity contribution in [2.75, 3.05) is 0 Å². The number of rotatable bonds is 3. The van der Waals surface area contributed by atoms with E-state index in [0.29, 0.717) is 17.5 Å². The molecule has 0 unspecified atom stereocenters. The summed E-state index contributed by atoms with van der Waals surface area (Å²) in [7, 11) is 0. The van der Waals surface area contributed by atoms with Crippen molar-refractivity contribution in [3.05, 3.63) is 115 Å². The van der Waals surface area contributed by atoms with Crippen LogP contribution < -0.4 is 0 Å². The molecule has 0 aliphatic rings. The summed E-state index contributed by atoms with van der Waals surface area (Å²) in [6.45, 7) is 2.09. The normalized spacial score (nSPS) is 11.2. The van der Waals surface area contributed by atoms with Crippen LogP contribution in [0.4, 0.5) is 0 Å². The fraction of sp³-hybridized carbons (Fsp3) is 0.0333. The number of fused-ring (bicyclic) bond motifs is 2. The lowest BCUT2D eigenvalue weighted by atomic mass is 10.0. The highest BCUT2D eigenvalue weighted by molar-refractivity contribution is 5.97. The van der Waals surface area contributed by atoms with Gasteiger partial charge in [0.15, 0.2) is 17.5 Å². The van der Waals surface area contributed by atoms with Gasteiger partial charge in [-0.25, -0.2) is 15.0 Å². The lowest BCUT2D eigenvalue weighted by molar-refractivity contribution is 1.08. The molecule has 0 spiro atoms. The summed E-state index contributed by atoms with van der Waals surface area (Å²) >= 11 is 0. The monoisotopic (exact) mass is 423 g/mol. The topological polar surface area (TPSA) is 38.7 Å². The van der Waals surface area contributed by atoms with E-state index >= 15 is 0 Å². The number of aromatic nitrogens is 3. The molecule has 0 saturated heterocycles. The Labute approximate surface area is 192 Å². The van der Waals surface area contributed by atoms with Gasteiger partial charge in [0, 0.05) is 16.7 Å². The first-order valence-corrected chi connectivity index (χ1v) is 11.1. The molecule has 5 aromatic carbocycles. The third-order valence-electron chi connectivity index (χ3n) is 5.97. The van der Waals surface area contributed by atoms with Crippen LogP contribution in [-0.2, 0) is 0 Å². The zero-order valence-corrected chi connectivity index (χ0v) is 18.2. The molecule has 0 fully saturated rings. The minimum atomic E-state index is 0.680. The van der Waals surface area contributed by atoms with Gasteiger partial charge in [-0.15, -0.1) is 0 Å². The van der Waals surface area contributed by atoms with E-state index in [1.807, 2.05) is 6.07 Å². The molecule has 0 saturated carbocycles. The summed E-state index contributed by atoms with van der Waals surface area (Å²) in [5.74, 6) is 2.04. The van der Waals surface area contributed by atoms with E-state index in [9.17, 15) is 0 Å². The number of hydrogen-bond acceptors (Lipinski definition) is 3. The second-order valence-electron chi connectivity index (χ2n) is 8.23. The summed E-state index contributed by atoms with van der Waals surface area (Å²) in [5, 5.41) is 4.59. The standard InChI is InChI=1S/C30H21N3/c1-20-9-6-14-23(19-20)28-31-29(26-17-7-12-21-10-2-4-15-24(21)26)33-30(32-28)27-18-8-13-22-11-3-5-16-25(22)27/h2-19H,1H3. The van der Waals surface area contributed by atoms with Crippen LogP contribution in [-0.4, -0.2) is 15.0 Å². The van der Waals surface area contributed by atoms with Gasteiger partial charge in [0.25, 0.3) is 0 Å². The van der Waals surface area contributed by atoms with Crippen molar-refractivity contribution in [3.8, 4) is 34.2 Å². The molecule has 0 aliphatic heterocycles. The van der Waals surface area contributed by atoms with Crippen molar-refractivity contribution in [1.82, 2.24) is 15.0 Å². The average Bonchev–Trinajstić information content (AvgIpc) is 2.88. The minimum Gasteiger partial charge on any atom is -0.208 e. The van der Waals surface area contributed by atoms with Crippen LogP contribution in [0.5, 0.6) is 0 Å². The van der Waals surface area contributed by atoms with Crippen LogP contribution in [0.3, 0.4) is 0 Å². The van der Waals surface area contributed by atoms with Gasteiger partial charge in [0.05, 0.1) is 0 Å². The Bertz CT molecular complexity index is 1530. The van der Waals surface area contributed by atoms with E-state index in [2.05, 4.69) is 110 Å². The molecule has 0 bridgehead atoms. The molecule has 0 atom stereocenters. The van der Waals surface area contributed by atoms with Crippen molar-refractivity contribution in [2.45, 2.75) is 6.92 Å². The lowest BCUT2D eigenvalue weighted by Gasteiger charge is -2.11. The molecular formula is C30H21N3. The predicted molar refractivity (Wildman–Crippen MR) is 136 cm³/mol. The molecule has 156 valence electrons. The Morgan fingerprint density at radius 1 is 0.455 bits per heavy atom. The largest absolute Gasteiger partial charge is 0.208 e. The maximum Gasteiger partial charge on any atom is 0.164 e. The Hall–Kier alpha value is -4.37. The van der Waals surface area contributed by atoms with Crippen LogP contribution >= 0.6 is 0 Å². The number of nitrogens with zero attached hydrogens (tertiary/aromatic N) is 3. The Morgan fingerprint density at radius 3 is 1.52 bits per heavy atom. The average molecular weight is 424 g/mol. The molecule has 6 aromatic rings. The van der Waals surface area contributed by atoms with Crippen LogP contribution in [0.15, 0.2) is 109 Å². The fourth-order valence-electron chi connectivity index (χ4n) is 4.37. The summed E-state index contributed by atoms with van der Waals surface area (Å²) in [6.07, 6.45) is 0. The highest BCUT2D eigenvalue weighted by Crippen LogP contribution is 2.32. The van der Waals surface area contributed by atoms with Crippen molar-refractivity contribution >= 4 is 21.5 Å². The molecular weight excluding hydrogens is 402 g/mol. The first-order chi connectivity index (χ1) is 16.3. The molecule has 33 heavy (non-hydrogen) atoms. The van der Waals surface area contributed by atoms with Crippen LogP contribution in [0.2, 0.25) is 0 Å². The van der Waals surface area contributed by atoms with Gasteiger partial charge >= 0.3 is 0 Å². The molecule has 0 radical (unpaired) electrons. The van der Waals surface area contributed by atoms with Crippen molar-refractivity contribution in [1.29, 1.82) is 0 Å². The maximum absolute atomic E-state index is 5.00. The van der Waals surface area contributed by atoms with E-state index < -0.39 is 0 Å². The van der Waals surface area contributed by atoms with Gasteiger partial charge < -0.3 is 0 Å². The zero-order chi connectivity index (χ0) is 22.2. The molecule has 1 aromatic heterocycles. The lowest BCUT2D eigenvalue weighted by Crippen LogP contribution is -2.01. The number of benzene rings is 5. The van der Waals surface area contributed by atoms with E-state index in [4.69, 9.17) is 15.0 Å². The summed E-state index contributed by atoms with van der Waals surface area (Å²) in [6, 6.07) is 37.5. The fourth-order valence-corrected chi connectivity index (χ4v) is 4.37. The second kappa shape index (κ2) is 7.95. The van der Waals surface area contributed by atoms with Crippen molar-refractivity contribution in [3.63, 3.8) is 0 Å². The quantitative estimate of drug-likeness (QED) is 0.296. The van der Waals surface area contributed by atoms with Crippen LogP contribution in [0.25, 0.3) is 55.7 Å². The molecule has 0 aliphatic carbocycles. The highest BCUT2D eigenvalue weighted by Gasteiger charge is 2.15. The number of aryl methyl sites for hydroxylation is 1. The number of hydrogen-bond donors (Lipinski definition) is 0. The van der Waals surface area contributed by atoms with E-state index in [0.717, 1.165) is 27.5 Å². The third-order valence-corrected chi connectivity index (χ3v) is 5.97. The maximum atomic E-state index is 5.00. The van der Waals surface area contributed by atoms with Gasteiger partial charge in [0.2, 0.25) is 0 Å². The molecule has 6 rings (SSSR count). The van der Waals surface area contributed by atoms with Gasteiger partial charge in [-0.2, -0.15) is 0 Å². The summed E-state index contributed by atoms with van der Waals surface area (Å²) in [4.78, 5) is 14.9. The molecule has 0 amide bonds. The molecule has 3 heteroatoms. The van der Waals surface area contributed by atoms with E-state index in [1.54, 1.807) is 0 Å². The molecule has 1 heterocycles. The highest BCUT2D eigenvalue weighted by atomic mass is 15.0. The van der Waals surface area contributed by atoms with Gasteiger partial charge in [-0.3, -0.25) is 0 Å². The van der Waals surface area contributed by atoms with Crippen LogP contribution in [0.1, 0.15) is 5.56 Å². The Balaban J connectivity index is 1.66. The minimum absolute atomic E-state index is 0.680. The van der Waals surface area contributed by atoms with Crippen molar-refractivity contribution in [2.24, 2.45) is 0 Å². The van der Waals surface area contributed by atoms with Crippen LogP contribution in [0, 0.1) is 6.92 Å². The second-order valence-corrected chi connectivity index (χ2v) is 8.23. The Morgan fingerprint density at radius 2 is 0.939 bits per heavy atom. The van der Waals surface area contributed by atoms with Gasteiger partial charge in [-0.1, -0.05) is 109 Å². The molecule has 3 nitrogen and oxygen atoms in total. The van der Waals surface area contributed by atoms with E-state index in [-0.39, 0.29) is 0 Å². The predicted octanol–water partition coefficient (Wildman–Crippen LogP) is 7.49. The van der Waals surface area contributed by atoms with Gasteiger partial charge in [0.1, 0.15) is 0 Å².